The number of ether oxygens (including phenoxy) is 2. The number of carbonyl (C=O) groups excluding carboxylic acids is 1. The average Bonchev–Trinajstić information content (AvgIpc) is 2.79. The molecule has 182 valence electrons. The summed E-state index contributed by atoms with van der Waals surface area (Å²) in [6.45, 7) is 2.49. The van der Waals surface area contributed by atoms with Gasteiger partial charge in [-0.05, 0) is 42.8 Å². The second-order valence-electron chi connectivity index (χ2n) is 6.99. The molecule has 33 heavy (non-hydrogen) atoms. The number of amides is 1. The number of hydrogen-bond acceptors (Lipinski definition) is 7. The van der Waals surface area contributed by atoms with Crippen molar-refractivity contribution in [3.63, 3.8) is 0 Å². The predicted molar refractivity (Wildman–Crippen MR) is 125 cm³/mol. The second kappa shape index (κ2) is 12.1. The van der Waals surface area contributed by atoms with Crippen LogP contribution in [0.5, 0.6) is 5.75 Å². The average molecular weight is 500 g/mol. The second-order valence-corrected chi connectivity index (χ2v) is 10.5. The third-order valence-electron chi connectivity index (χ3n) is 4.54. The first-order valence-corrected chi connectivity index (χ1v) is 13.2. The van der Waals surface area contributed by atoms with Crippen LogP contribution in [0.15, 0.2) is 52.3 Å². The molecule has 2 rings (SSSR count). The molecule has 2 aromatic carbocycles. The summed E-state index contributed by atoms with van der Waals surface area (Å²) in [4.78, 5) is 12.6. The van der Waals surface area contributed by atoms with E-state index in [-0.39, 0.29) is 39.9 Å². The first-order valence-electron chi connectivity index (χ1n) is 10.2. The van der Waals surface area contributed by atoms with E-state index >= 15 is 0 Å². The highest BCUT2D eigenvalue weighted by molar-refractivity contribution is 7.89. The van der Waals surface area contributed by atoms with Gasteiger partial charge in [-0.3, -0.25) is 4.79 Å². The predicted octanol–water partition coefficient (Wildman–Crippen LogP) is 1.95. The Labute approximate surface area is 194 Å². The van der Waals surface area contributed by atoms with Gasteiger partial charge in [-0.25, -0.2) is 26.3 Å². The number of unbranched alkanes of at least 4 members (excludes halogenated alkanes) is 1. The molecule has 0 aliphatic rings. The van der Waals surface area contributed by atoms with Gasteiger partial charge in [0.25, 0.3) is 5.91 Å². The van der Waals surface area contributed by atoms with Gasteiger partial charge in [-0.2, -0.15) is 0 Å². The molecule has 2 aromatic rings. The highest BCUT2D eigenvalue weighted by Crippen LogP contribution is 2.25. The Morgan fingerprint density at radius 1 is 0.939 bits per heavy atom. The Kier molecular flexibility index (Phi) is 9.80. The normalized spacial score (nSPS) is 11.8. The van der Waals surface area contributed by atoms with Crippen molar-refractivity contribution in [3.8, 4) is 5.75 Å². The maximum Gasteiger partial charge on any atom is 0.255 e. The number of hydrogen-bond donors (Lipinski definition) is 3. The van der Waals surface area contributed by atoms with Crippen LogP contribution in [0.2, 0.25) is 0 Å². The van der Waals surface area contributed by atoms with E-state index in [9.17, 15) is 21.6 Å². The highest BCUT2D eigenvalue weighted by atomic mass is 32.2. The van der Waals surface area contributed by atoms with Gasteiger partial charge in [0.2, 0.25) is 20.0 Å². The smallest absolute Gasteiger partial charge is 0.255 e. The van der Waals surface area contributed by atoms with Crippen LogP contribution >= 0.6 is 0 Å². The van der Waals surface area contributed by atoms with Gasteiger partial charge in [0.1, 0.15) is 10.6 Å². The molecule has 10 nitrogen and oxygen atoms in total. The van der Waals surface area contributed by atoms with Gasteiger partial charge in [0.15, 0.2) is 0 Å². The van der Waals surface area contributed by atoms with Gasteiger partial charge in [0, 0.05) is 31.5 Å². The Bertz CT molecular complexity index is 1170. The molecule has 0 aromatic heterocycles. The number of sulfonamides is 2. The lowest BCUT2D eigenvalue weighted by molar-refractivity contribution is 0.102. The van der Waals surface area contributed by atoms with Crippen molar-refractivity contribution in [1.82, 2.24) is 9.44 Å². The largest absolute Gasteiger partial charge is 0.495 e. The molecule has 0 atom stereocenters. The van der Waals surface area contributed by atoms with Crippen LogP contribution in [0.1, 0.15) is 30.1 Å². The molecule has 12 heteroatoms. The summed E-state index contributed by atoms with van der Waals surface area (Å²) >= 11 is 0. The van der Waals surface area contributed by atoms with E-state index in [1.165, 1.54) is 56.7 Å². The molecule has 0 heterocycles. The first kappa shape index (κ1) is 26.7. The fourth-order valence-corrected chi connectivity index (χ4v) is 5.12. The summed E-state index contributed by atoms with van der Waals surface area (Å²) < 4.78 is 65.0. The van der Waals surface area contributed by atoms with E-state index in [0.29, 0.717) is 13.0 Å². The van der Waals surface area contributed by atoms with Crippen molar-refractivity contribution in [3.05, 3.63) is 48.0 Å². The van der Waals surface area contributed by atoms with E-state index in [1.54, 1.807) is 0 Å². The van der Waals surface area contributed by atoms with E-state index in [2.05, 4.69) is 14.8 Å². The molecule has 0 aliphatic heterocycles. The molecule has 0 fully saturated rings. The van der Waals surface area contributed by atoms with Gasteiger partial charge in [-0.1, -0.05) is 19.4 Å². The Morgan fingerprint density at radius 2 is 1.67 bits per heavy atom. The van der Waals surface area contributed by atoms with Crippen LogP contribution < -0.4 is 19.5 Å². The molecule has 0 radical (unpaired) electrons. The summed E-state index contributed by atoms with van der Waals surface area (Å²) in [5.74, 6) is -0.540. The van der Waals surface area contributed by atoms with E-state index < -0.39 is 26.0 Å². The summed E-state index contributed by atoms with van der Waals surface area (Å²) in [7, 11) is -4.91. The molecular weight excluding hydrogens is 470 g/mol. The zero-order chi connectivity index (χ0) is 24.5. The fourth-order valence-electron chi connectivity index (χ4n) is 2.79. The van der Waals surface area contributed by atoms with E-state index in [4.69, 9.17) is 9.47 Å². The third-order valence-corrected chi connectivity index (χ3v) is 7.48. The minimum absolute atomic E-state index is 0.0109. The number of benzene rings is 2. The lowest BCUT2D eigenvalue weighted by Crippen LogP contribution is -2.28. The lowest BCUT2D eigenvalue weighted by Gasteiger charge is -2.13. The minimum atomic E-state index is -3.96. The SMILES string of the molecule is CCCCNS(=O)(=O)c1cccc(NC(=O)c2ccc(OC)c(S(=O)(=O)NCCOC)c2)c1. The summed E-state index contributed by atoms with van der Waals surface area (Å²) in [6, 6.07) is 9.78. The maximum absolute atomic E-state index is 12.8. The number of nitrogens with one attached hydrogen (secondary N) is 3. The highest BCUT2D eigenvalue weighted by Gasteiger charge is 2.22. The zero-order valence-corrected chi connectivity index (χ0v) is 20.4. The Balaban J connectivity index is 2.25. The third kappa shape index (κ3) is 7.51. The van der Waals surface area contributed by atoms with Crippen LogP contribution in [-0.4, -0.2) is 56.7 Å². The molecular formula is C21H29N3O7S2. The fraction of sp³-hybridized carbons (Fsp3) is 0.381. The van der Waals surface area contributed by atoms with Crippen LogP contribution in [0.3, 0.4) is 0 Å². The first-order chi connectivity index (χ1) is 15.6. The van der Waals surface area contributed by atoms with Crippen molar-refractivity contribution < 1.29 is 31.1 Å². The monoisotopic (exact) mass is 499 g/mol. The zero-order valence-electron chi connectivity index (χ0n) is 18.8. The standard InChI is InChI=1S/C21H29N3O7S2/c1-4-5-11-22-32(26,27)18-8-6-7-17(15-18)24-21(25)16-9-10-19(31-3)20(14-16)33(28,29)23-12-13-30-2/h6-10,14-15,22-23H,4-5,11-13H2,1-3H3,(H,24,25). The van der Waals surface area contributed by atoms with Crippen molar-refractivity contribution in [2.75, 3.05) is 39.2 Å². The molecule has 1 amide bonds. The molecule has 0 spiro atoms. The van der Waals surface area contributed by atoms with Gasteiger partial charge in [-0.15, -0.1) is 0 Å². The van der Waals surface area contributed by atoms with Gasteiger partial charge in [0.05, 0.1) is 18.6 Å². The van der Waals surface area contributed by atoms with Gasteiger partial charge >= 0.3 is 0 Å². The van der Waals surface area contributed by atoms with Crippen LogP contribution in [0.25, 0.3) is 0 Å². The number of carbonyl (C=O) groups is 1. The van der Waals surface area contributed by atoms with E-state index in [0.717, 1.165) is 6.42 Å². The molecule has 0 bridgehead atoms. The number of anilines is 1. The summed E-state index contributed by atoms with van der Waals surface area (Å²) in [5.41, 5.74) is 0.300. The molecule has 0 aliphatic carbocycles. The molecule has 0 unspecified atom stereocenters. The van der Waals surface area contributed by atoms with Crippen LogP contribution in [0, 0.1) is 0 Å². The maximum atomic E-state index is 12.8. The van der Waals surface area contributed by atoms with E-state index in [1.807, 2.05) is 6.92 Å². The lowest BCUT2D eigenvalue weighted by atomic mass is 10.2. The summed E-state index contributed by atoms with van der Waals surface area (Å²) in [6.07, 6.45) is 1.55. The van der Waals surface area contributed by atoms with Crippen molar-refractivity contribution in [2.24, 2.45) is 0 Å². The molecule has 0 saturated heterocycles. The number of methoxy groups -OCH3 is 2. The van der Waals surface area contributed by atoms with Crippen molar-refractivity contribution >= 4 is 31.6 Å². The van der Waals surface area contributed by atoms with Crippen LogP contribution in [0.4, 0.5) is 5.69 Å². The molecule has 0 saturated carbocycles. The minimum Gasteiger partial charge on any atom is -0.495 e. The van der Waals surface area contributed by atoms with Gasteiger partial charge < -0.3 is 14.8 Å². The Morgan fingerprint density at radius 3 is 2.33 bits per heavy atom. The number of rotatable bonds is 13. The van der Waals surface area contributed by atoms with Crippen LogP contribution in [-0.2, 0) is 24.8 Å². The molecule has 3 N–H and O–H groups in total. The van der Waals surface area contributed by atoms with Crippen molar-refractivity contribution in [2.45, 2.75) is 29.6 Å². The van der Waals surface area contributed by atoms with Crippen molar-refractivity contribution in [1.29, 1.82) is 0 Å². The quantitative estimate of drug-likeness (QED) is 0.358. The summed E-state index contributed by atoms with van der Waals surface area (Å²) in [5, 5.41) is 2.60. The topological polar surface area (TPSA) is 140 Å². The Hall–Kier alpha value is -2.51.